The summed E-state index contributed by atoms with van der Waals surface area (Å²) in [5.74, 6) is -3.58. The second kappa shape index (κ2) is 2.61. The van der Waals surface area contributed by atoms with Crippen molar-refractivity contribution in [2.75, 3.05) is 0 Å². The molecule has 0 saturated carbocycles. The zero-order valence-electron chi connectivity index (χ0n) is 5.81. The van der Waals surface area contributed by atoms with Crippen molar-refractivity contribution in [3.8, 4) is 17.2 Å². The summed E-state index contributed by atoms with van der Waals surface area (Å²) in [4.78, 5) is 10.2. The third kappa shape index (κ3) is 1.24. The van der Waals surface area contributed by atoms with Crippen LogP contribution in [0.2, 0.25) is 0 Å². The molecule has 12 heavy (non-hydrogen) atoms. The molecule has 0 fully saturated rings. The van der Waals surface area contributed by atoms with E-state index in [2.05, 4.69) is 0 Å². The zero-order chi connectivity index (χ0) is 9.30. The lowest BCUT2D eigenvalue weighted by Gasteiger charge is -2.01. The van der Waals surface area contributed by atoms with E-state index in [0.717, 1.165) is 12.1 Å². The molecule has 1 aromatic carbocycles. The van der Waals surface area contributed by atoms with Gasteiger partial charge < -0.3 is 15.3 Å². The monoisotopic (exact) mass is 169 g/mol. The lowest BCUT2D eigenvalue weighted by Crippen LogP contribution is -1.95. The van der Waals surface area contributed by atoms with Crippen LogP contribution in [0.15, 0.2) is 12.1 Å². The molecule has 1 rings (SSSR count). The Hall–Kier alpha value is -1.91. The average Bonchev–Trinajstić information content (AvgIpc) is 1.82. The fourth-order valence-electron chi connectivity index (χ4n) is 0.807. The predicted molar refractivity (Wildman–Crippen MR) is 36.5 cm³/mol. The van der Waals surface area contributed by atoms with Crippen LogP contribution in [0.3, 0.4) is 0 Å². The van der Waals surface area contributed by atoms with E-state index >= 15 is 0 Å². The summed E-state index contributed by atoms with van der Waals surface area (Å²) in [6.07, 6.45) is 0. The van der Waals surface area contributed by atoms with Gasteiger partial charge in [-0.15, -0.1) is 0 Å². The van der Waals surface area contributed by atoms with E-state index in [1.165, 1.54) is 0 Å². The molecule has 5 nitrogen and oxygen atoms in total. The average molecular weight is 169 g/mol. The van der Waals surface area contributed by atoms with Crippen molar-refractivity contribution in [3.05, 3.63) is 17.7 Å². The van der Waals surface area contributed by atoms with Crippen LogP contribution < -0.4 is 0 Å². The highest BCUT2D eigenvalue weighted by molar-refractivity contribution is 5.93. The lowest BCUT2D eigenvalue weighted by molar-refractivity contribution is 0.0566. The Morgan fingerprint density at radius 2 is 1.50 bits per heavy atom. The summed E-state index contributed by atoms with van der Waals surface area (Å²) in [5.41, 5.74) is -0.729. The van der Waals surface area contributed by atoms with Gasteiger partial charge in [-0.05, 0) is 0 Å². The van der Waals surface area contributed by atoms with Crippen molar-refractivity contribution in [2.45, 2.75) is 0 Å². The SMILES string of the molecule is [O]C(=O)c1c(O)cc(O)cc1O. The van der Waals surface area contributed by atoms with Gasteiger partial charge in [0.05, 0.1) is 0 Å². The smallest absolute Gasteiger partial charge is 0.393 e. The van der Waals surface area contributed by atoms with E-state index in [4.69, 9.17) is 15.3 Å². The van der Waals surface area contributed by atoms with Crippen molar-refractivity contribution >= 4 is 5.97 Å². The van der Waals surface area contributed by atoms with Gasteiger partial charge in [-0.2, -0.15) is 0 Å². The Bertz CT molecular complexity index is 308. The molecular weight excluding hydrogens is 164 g/mol. The maximum absolute atomic E-state index is 10.2. The van der Waals surface area contributed by atoms with Gasteiger partial charge in [0, 0.05) is 12.1 Å². The molecular formula is C7H5O5. The molecule has 0 amide bonds. The molecule has 0 atom stereocenters. The number of carbonyl (C=O) groups excluding carboxylic acids is 1. The van der Waals surface area contributed by atoms with Crippen LogP contribution in [0.5, 0.6) is 17.2 Å². The second-order valence-electron chi connectivity index (χ2n) is 2.15. The Labute approximate surface area is 67.1 Å². The summed E-state index contributed by atoms with van der Waals surface area (Å²) in [6, 6.07) is 1.59. The highest BCUT2D eigenvalue weighted by Gasteiger charge is 2.17. The summed E-state index contributed by atoms with van der Waals surface area (Å²) in [7, 11) is 0. The van der Waals surface area contributed by atoms with Gasteiger partial charge in [0.2, 0.25) is 0 Å². The second-order valence-corrected chi connectivity index (χ2v) is 2.15. The summed E-state index contributed by atoms with van der Waals surface area (Å²) in [6.45, 7) is 0. The number of carbonyl (C=O) groups is 1. The molecule has 0 heterocycles. The Kier molecular flexibility index (Phi) is 1.78. The van der Waals surface area contributed by atoms with Gasteiger partial charge >= 0.3 is 5.97 Å². The van der Waals surface area contributed by atoms with Crippen molar-refractivity contribution in [3.63, 3.8) is 0 Å². The van der Waals surface area contributed by atoms with Gasteiger partial charge in [-0.3, -0.25) is 0 Å². The number of phenolic OH excluding ortho intramolecular Hbond substituents is 3. The van der Waals surface area contributed by atoms with Crippen LogP contribution in [-0.2, 0) is 5.11 Å². The van der Waals surface area contributed by atoms with Crippen LogP contribution in [-0.4, -0.2) is 21.3 Å². The van der Waals surface area contributed by atoms with Gasteiger partial charge in [0.15, 0.2) is 0 Å². The first-order chi connectivity index (χ1) is 5.52. The van der Waals surface area contributed by atoms with E-state index < -0.39 is 28.8 Å². The summed E-state index contributed by atoms with van der Waals surface area (Å²) in [5, 5.41) is 36.8. The first kappa shape index (κ1) is 8.19. The minimum Gasteiger partial charge on any atom is -0.508 e. The standard InChI is InChI=1S/C7H5O5/c8-3-1-4(9)6(7(11)12)5(10)2-3/h1-2,8-10H. The molecule has 0 saturated heterocycles. The molecule has 1 radical (unpaired) electrons. The van der Waals surface area contributed by atoms with Gasteiger partial charge in [-0.1, -0.05) is 0 Å². The third-order valence-corrected chi connectivity index (χ3v) is 1.29. The number of benzene rings is 1. The minimum absolute atomic E-state index is 0.421. The van der Waals surface area contributed by atoms with Crippen molar-refractivity contribution in [1.29, 1.82) is 0 Å². The molecule has 0 aliphatic rings. The van der Waals surface area contributed by atoms with E-state index in [9.17, 15) is 9.90 Å². The quantitative estimate of drug-likeness (QED) is 0.565. The number of aromatic hydroxyl groups is 3. The van der Waals surface area contributed by atoms with Crippen LogP contribution in [0.1, 0.15) is 10.4 Å². The minimum atomic E-state index is -1.70. The number of rotatable bonds is 1. The molecule has 3 N–H and O–H groups in total. The fourth-order valence-corrected chi connectivity index (χ4v) is 0.807. The number of hydrogen-bond donors (Lipinski definition) is 3. The van der Waals surface area contributed by atoms with Crippen molar-refractivity contribution < 1.29 is 25.2 Å². The molecule has 0 aromatic heterocycles. The highest BCUT2D eigenvalue weighted by atomic mass is 16.4. The summed E-state index contributed by atoms with van der Waals surface area (Å²) >= 11 is 0. The highest BCUT2D eigenvalue weighted by Crippen LogP contribution is 2.31. The first-order valence-electron chi connectivity index (χ1n) is 2.98. The fraction of sp³-hybridized carbons (Fsp3) is 0. The number of phenols is 3. The predicted octanol–water partition coefficient (Wildman–Crippen LogP) is 0.374. The van der Waals surface area contributed by atoms with Crippen LogP contribution in [0, 0.1) is 0 Å². The normalized spacial score (nSPS) is 9.67. The molecule has 0 spiro atoms. The molecule has 63 valence electrons. The number of hydrogen-bond acceptors (Lipinski definition) is 4. The van der Waals surface area contributed by atoms with Crippen molar-refractivity contribution in [1.82, 2.24) is 0 Å². The van der Waals surface area contributed by atoms with Crippen molar-refractivity contribution in [2.24, 2.45) is 0 Å². The van der Waals surface area contributed by atoms with Crippen LogP contribution in [0.25, 0.3) is 0 Å². The van der Waals surface area contributed by atoms with Crippen LogP contribution >= 0.6 is 0 Å². The Morgan fingerprint density at radius 1 is 1.08 bits per heavy atom. The maximum Gasteiger partial charge on any atom is 0.393 e. The molecule has 1 aromatic rings. The van der Waals surface area contributed by atoms with E-state index in [1.807, 2.05) is 0 Å². The summed E-state index contributed by atoms with van der Waals surface area (Å²) < 4.78 is 0. The topological polar surface area (TPSA) is 97.7 Å². The molecule has 0 unspecified atom stereocenters. The van der Waals surface area contributed by atoms with Gasteiger partial charge in [0.1, 0.15) is 22.8 Å². The molecule has 5 heteroatoms. The Morgan fingerprint density at radius 3 is 1.83 bits per heavy atom. The lowest BCUT2D eigenvalue weighted by atomic mass is 10.1. The Balaban J connectivity index is 3.38. The van der Waals surface area contributed by atoms with E-state index in [0.29, 0.717) is 0 Å². The van der Waals surface area contributed by atoms with E-state index in [1.54, 1.807) is 0 Å². The zero-order valence-corrected chi connectivity index (χ0v) is 5.81. The largest absolute Gasteiger partial charge is 0.508 e. The molecule has 0 aliphatic carbocycles. The first-order valence-corrected chi connectivity index (χ1v) is 2.98. The third-order valence-electron chi connectivity index (χ3n) is 1.29. The molecule has 0 aliphatic heterocycles. The van der Waals surface area contributed by atoms with Gasteiger partial charge in [-0.25, -0.2) is 9.90 Å². The molecule has 0 bridgehead atoms. The van der Waals surface area contributed by atoms with Gasteiger partial charge in [0.25, 0.3) is 0 Å². The maximum atomic E-state index is 10.2. The van der Waals surface area contributed by atoms with Crippen LogP contribution in [0.4, 0.5) is 0 Å². The van der Waals surface area contributed by atoms with E-state index in [-0.39, 0.29) is 0 Å².